The Hall–Kier alpha value is -1.66. The number of rotatable bonds is 3. The van der Waals surface area contributed by atoms with Gasteiger partial charge in [-0.3, -0.25) is 9.59 Å². The van der Waals surface area contributed by atoms with Crippen molar-refractivity contribution in [2.24, 2.45) is 5.92 Å². The molecule has 0 saturated carbocycles. The maximum absolute atomic E-state index is 12.5. The first kappa shape index (κ1) is 16.2. The Labute approximate surface area is 151 Å². The van der Waals surface area contributed by atoms with Crippen LogP contribution in [0.5, 0.6) is 0 Å². The molecule has 1 aliphatic heterocycles. The Morgan fingerprint density at radius 2 is 1.70 bits per heavy atom. The van der Waals surface area contributed by atoms with Crippen LogP contribution in [-0.4, -0.2) is 18.4 Å². The summed E-state index contributed by atoms with van der Waals surface area (Å²) in [4.78, 5) is 26.4. The molecule has 4 nitrogen and oxygen atoms in total. The van der Waals surface area contributed by atoms with Crippen molar-refractivity contribution in [3.05, 3.63) is 57.5 Å². The van der Waals surface area contributed by atoms with Crippen molar-refractivity contribution in [3.8, 4) is 0 Å². The van der Waals surface area contributed by atoms with Crippen LogP contribution in [0.2, 0.25) is 0 Å². The van der Waals surface area contributed by atoms with E-state index in [1.54, 1.807) is 4.90 Å². The molecule has 1 N–H and O–H groups in total. The molecular weight excluding hydrogens is 424 g/mol. The minimum absolute atomic E-state index is 0.0378. The van der Waals surface area contributed by atoms with E-state index in [1.807, 2.05) is 48.5 Å². The highest BCUT2D eigenvalue weighted by Gasteiger charge is 2.35. The molecular formula is C17H14Br2N2O2. The minimum atomic E-state index is -0.360. The number of hydrogen-bond acceptors (Lipinski definition) is 2. The number of anilines is 2. The van der Waals surface area contributed by atoms with Gasteiger partial charge in [-0.2, -0.15) is 0 Å². The van der Waals surface area contributed by atoms with E-state index in [-0.39, 0.29) is 24.2 Å². The van der Waals surface area contributed by atoms with Crippen LogP contribution in [0.1, 0.15) is 6.42 Å². The quantitative estimate of drug-likeness (QED) is 0.782. The lowest BCUT2D eigenvalue weighted by Crippen LogP contribution is -2.28. The van der Waals surface area contributed by atoms with Crippen LogP contribution in [-0.2, 0) is 9.59 Å². The Morgan fingerprint density at radius 3 is 2.39 bits per heavy atom. The van der Waals surface area contributed by atoms with Gasteiger partial charge in [-0.15, -0.1) is 0 Å². The number of hydrogen-bond donors (Lipinski definition) is 1. The maximum Gasteiger partial charge on any atom is 0.229 e. The summed E-state index contributed by atoms with van der Waals surface area (Å²) in [6.45, 7) is 0.387. The van der Waals surface area contributed by atoms with Gasteiger partial charge in [-0.05, 0) is 56.1 Å². The number of benzene rings is 2. The molecule has 1 heterocycles. The molecule has 23 heavy (non-hydrogen) atoms. The van der Waals surface area contributed by atoms with Crippen LogP contribution in [0.25, 0.3) is 0 Å². The lowest BCUT2D eigenvalue weighted by molar-refractivity contribution is -0.122. The summed E-state index contributed by atoms with van der Waals surface area (Å²) < 4.78 is 1.67. The van der Waals surface area contributed by atoms with Crippen molar-refractivity contribution in [2.45, 2.75) is 6.42 Å². The zero-order valence-corrected chi connectivity index (χ0v) is 15.3. The van der Waals surface area contributed by atoms with Crippen LogP contribution in [0, 0.1) is 5.92 Å². The third-order valence-corrected chi connectivity index (χ3v) is 5.13. The van der Waals surface area contributed by atoms with E-state index in [0.717, 1.165) is 14.6 Å². The molecule has 6 heteroatoms. The first-order valence-electron chi connectivity index (χ1n) is 7.16. The van der Waals surface area contributed by atoms with Gasteiger partial charge in [0.2, 0.25) is 11.8 Å². The number of nitrogens with zero attached hydrogens (tertiary/aromatic N) is 1. The fourth-order valence-electron chi connectivity index (χ4n) is 2.58. The minimum Gasteiger partial charge on any atom is -0.325 e. The van der Waals surface area contributed by atoms with Gasteiger partial charge in [0.15, 0.2) is 0 Å². The number of amides is 2. The van der Waals surface area contributed by atoms with Gasteiger partial charge in [0.1, 0.15) is 0 Å². The van der Waals surface area contributed by atoms with E-state index in [2.05, 4.69) is 37.2 Å². The molecule has 0 spiro atoms. The average Bonchev–Trinajstić information content (AvgIpc) is 2.92. The van der Waals surface area contributed by atoms with Crippen molar-refractivity contribution in [2.75, 3.05) is 16.8 Å². The molecule has 2 amide bonds. The fourth-order valence-corrected chi connectivity index (χ4v) is 3.47. The van der Waals surface area contributed by atoms with Crippen molar-refractivity contribution in [1.82, 2.24) is 0 Å². The van der Waals surface area contributed by atoms with Gasteiger partial charge in [-0.25, -0.2) is 0 Å². The van der Waals surface area contributed by atoms with Gasteiger partial charge in [0.25, 0.3) is 0 Å². The zero-order valence-electron chi connectivity index (χ0n) is 12.1. The van der Waals surface area contributed by atoms with Gasteiger partial charge in [-0.1, -0.05) is 24.3 Å². The highest BCUT2D eigenvalue weighted by atomic mass is 79.9. The fraction of sp³-hybridized carbons (Fsp3) is 0.176. The molecule has 2 aromatic rings. The number of halogens is 2. The first-order valence-corrected chi connectivity index (χ1v) is 8.75. The van der Waals surface area contributed by atoms with Crippen LogP contribution in [0.15, 0.2) is 57.5 Å². The lowest BCUT2D eigenvalue weighted by atomic mass is 10.1. The summed E-state index contributed by atoms with van der Waals surface area (Å²) in [6.07, 6.45) is 0.220. The monoisotopic (exact) mass is 436 g/mol. The Kier molecular flexibility index (Phi) is 4.82. The second-order valence-electron chi connectivity index (χ2n) is 5.33. The number of carbonyl (C=O) groups excluding carboxylic acids is 2. The van der Waals surface area contributed by atoms with E-state index in [1.165, 1.54) is 0 Å². The Morgan fingerprint density at radius 1 is 1.04 bits per heavy atom. The molecule has 0 radical (unpaired) electrons. The standard InChI is InChI=1S/C17H14Br2N2O2/c18-12-5-1-3-7-14(12)20-17(23)11-9-16(22)21(10-11)15-8-4-2-6-13(15)19/h1-8,11H,9-10H2,(H,20,23). The molecule has 1 aliphatic rings. The molecule has 1 atom stereocenters. The van der Waals surface area contributed by atoms with Gasteiger partial charge in [0.05, 0.1) is 17.3 Å². The molecule has 0 bridgehead atoms. The van der Waals surface area contributed by atoms with Crippen LogP contribution >= 0.6 is 31.9 Å². The maximum atomic E-state index is 12.5. The molecule has 1 saturated heterocycles. The van der Waals surface area contributed by atoms with Gasteiger partial charge >= 0.3 is 0 Å². The van der Waals surface area contributed by atoms with E-state index < -0.39 is 0 Å². The largest absolute Gasteiger partial charge is 0.325 e. The van der Waals surface area contributed by atoms with Crippen LogP contribution in [0.3, 0.4) is 0 Å². The van der Waals surface area contributed by atoms with Crippen molar-refractivity contribution in [3.63, 3.8) is 0 Å². The van der Waals surface area contributed by atoms with E-state index >= 15 is 0 Å². The molecule has 0 aliphatic carbocycles. The van der Waals surface area contributed by atoms with Crippen molar-refractivity contribution in [1.29, 1.82) is 0 Å². The summed E-state index contributed by atoms with van der Waals surface area (Å²) >= 11 is 6.86. The predicted molar refractivity (Wildman–Crippen MR) is 97.4 cm³/mol. The Balaban J connectivity index is 1.74. The highest BCUT2D eigenvalue weighted by Crippen LogP contribution is 2.32. The second kappa shape index (κ2) is 6.84. The molecule has 2 aromatic carbocycles. The van der Waals surface area contributed by atoms with E-state index in [9.17, 15) is 9.59 Å². The third kappa shape index (κ3) is 3.48. The zero-order chi connectivity index (χ0) is 16.4. The highest BCUT2D eigenvalue weighted by molar-refractivity contribution is 9.11. The van der Waals surface area contributed by atoms with Gasteiger partial charge in [0, 0.05) is 21.9 Å². The summed E-state index contributed by atoms with van der Waals surface area (Å²) in [5, 5.41) is 2.88. The summed E-state index contributed by atoms with van der Waals surface area (Å²) in [5.41, 5.74) is 1.51. The summed E-state index contributed by atoms with van der Waals surface area (Å²) in [7, 11) is 0. The lowest BCUT2D eigenvalue weighted by Gasteiger charge is -2.18. The number of para-hydroxylation sites is 2. The molecule has 1 unspecified atom stereocenters. The third-order valence-electron chi connectivity index (χ3n) is 3.77. The average molecular weight is 438 g/mol. The van der Waals surface area contributed by atoms with Crippen LogP contribution < -0.4 is 10.2 Å². The topological polar surface area (TPSA) is 49.4 Å². The molecule has 118 valence electrons. The number of nitrogens with one attached hydrogen (secondary N) is 1. The van der Waals surface area contributed by atoms with Crippen molar-refractivity contribution < 1.29 is 9.59 Å². The summed E-state index contributed by atoms with van der Waals surface area (Å²) in [6, 6.07) is 15.0. The molecule has 0 aromatic heterocycles. The Bertz CT molecular complexity index is 764. The summed E-state index contributed by atoms with van der Waals surface area (Å²) in [5.74, 6) is -0.536. The van der Waals surface area contributed by atoms with E-state index in [0.29, 0.717) is 12.2 Å². The first-order chi connectivity index (χ1) is 11.1. The SMILES string of the molecule is O=C(Nc1ccccc1Br)C1CC(=O)N(c2ccccc2Br)C1. The predicted octanol–water partition coefficient (Wildman–Crippen LogP) is 4.20. The second-order valence-corrected chi connectivity index (χ2v) is 7.03. The molecule has 1 fully saturated rings. The smallest absolute Gasteiger partial charge is 0.229 e. The normalized spacial score (nSPS) is 17.4. The van der Waals surface area contributed by atoms with Crippen LogP contribution in [0.4, 0.5) is 11.4 Å². The molecule has 3 rings (SSSR count). The number of carbonyl (C=O) groups is 2. The van der Waals surface area contributed by atoms with Gasteiger partial charge < -0.3 is 10.2 Å². The van der Waals surface area contributed by atoms with E-state index in [4.69, 9.17) is 0 Å². The van der Waals surface area contributed by atoms with Crippen molar-refractivity contribution >= 4 is 55.0 Å².